The largest absolute Gasteiger partial charge is 0.450 e. The smallest absolute Gasteiger partial charge is 0.408 e. The van der Waals surface area contributed by atoms with Crippen LogP contribution < -0.4 is 10.9 Å². The molecule has 0 saturated carbocycles. The van der Waals surface area contributed by atoms with Gasteiger partial charge in [-0.15, -0.1) is 0 Å². The van der Waals surface area contributed by atoms with Crippen LogP contribution in [0.25, 0.3) is 0 Å². The van der Waals surface area contributed by atoms with Crippen LogP contribution in [0.5, 0.6) is 0 Å². The maximum atomic E-state index is 12.2. The minimum atomic E-state index is -0.637. The Hall–Kier alpha value is -2.30. The van der Waals surface area contributed by atoms with Gasteiger partial charge in [-0.1, -0.05) is 17.7 Å². The first-order valence-electron chi connectivity index (χ1n) is 8.01. The Balaban J connectivity index is 2.19. The topological polar surface area (TPSA) is 71.2 Å². The van der Waals surface area contributed by atoms with Crippen molar-refractivity contribution < 1.29 is 9.53 Å². The number of allylic oxidation sites excluding steroid dienone is 2. The first-order valence-corrected chi connectivity index (χ1v) is 8.01. The summed E-state index contributed by atoms with van der Waals surface area (Å²) in [6.07, 6.45) is 5.30. The number of carbonyl (C=O) groups is 1. The van der Waals surface area contributed by atoms with Crippen molar-refractivity contribution in [2.24, 2.45) is 5.92 Å². The van der Waals surface area contributed by atoms with Crippen LogP contribution in [-0.4, -0.2) is 17.7 Å². The van der Waals surface area contributed by atoms with Crippen molar-refractivity contribution in [1.29, 1.82) is 0 Å². The lowest BCUT2D eigenvalue weighted by Gasteiger charge is -2.47. The van der Waals surface area contributed by atoms with E-state index in [-0.39, 0.29) is 11.5 Å². The third-order valence-corrected chi connectivity index (χ3v) is 4.71. The predicted molar refractivity (Wildman–Crippen MR) is 88.2 cm³/mol. The van der Waals surface area contributed by atoms with Gasteiger partial charge in [-0.3, -0.25) is 4.79 Å². The predicted octanol–water partition coefficient (Wildman–Crippen LogP) is 2.78. The van der Waals surface area contributed by atoms with Crippen molar-refractivity contribution in [3.8, 4) is 0 Å². The highest BCUT2D eigenvalue weighted by molar-refractivity contribution is 5.71. The molecule has 5 nitrogen and oxygen atoms in total. The fraction of sp³-hybridized carbons (Fsp3) is 0.444. The van der Waals surface area contributed by atoms with Crippen molar-refractivity contribution in [3.63, 3.8) is 0 Å². The van der Waals surface area contributed by atoms with Gasteiger partial charge in [0.1, 0.15) is 0 Å². The molecule has 2 N–H and O–H groups in total. The number of hydrogen-bond donors (Lipinski definition) is 2. The Morgan fingerprint density at radius 3 is 3.00 bits per heavy atom. The number of ether oxygens (including phenoxy) is 1. The SMILES string of the molecule is C/C=C1\C2C=C(C)C[C@@]1(NC(=O)OCC)c1ccc(=O)[nH]c1C2. The maximum Gasteiger partial charge on any atom is 0.408 e. The molecule has 0 saturated heterocycles. The van der Waals surface area contributed by atoms with E-state index in [0.717, 1.165) is 23.3 Å². The number of amides is 1. The zero-order chi connectivity index (χ0) is 16.6. The van der Waals surface area contributed by atoms with Gasteiger partial charge in [-0.2, -0.15) is 0 Å². The van der Waals surface area contributed by atoms with Crippen molar-refractivity contribution in [3.05, 3.63) is 57.0 Å². The summed E-state index contributed by atoms with van der Waals surface area (Å²) in [5.41, 5.74) is 3.50. The van der Waals surface area contributed by atoms with E-state index in [9.17, 15) is 9.59 Å². The van der Waals surface area contributed by atoms with Crippen LogP contribution in [-0.2, 0) is 16.7 Å². The number of fused-ring (bicyclic) bond motifs is 4. The van der Waals surface area contributed by atoms with E-state index in [1.54, 1.807) is 6.92 Å². The zero-order valence-corrected chi connectivity index (χ0v) is 13.7. The first kappa shape index (κ1) is 15.6. The molecule has 1 heterocycles. The van der Waals surface area contributed by atoms with E-state index in [4.69, 9.17) is 4.74 Å². The van der Waals surface area contributed by atoms with Gasteiger partial charge in [0.05, 0.1) is 12.1 Å². The van der Waals surface area contributed by atoms with Crippen molar-refractivity contribution in [2.75, 3.05) is 6.61 Å². The molecular weight excluding hydrogens is 292 g/mol. The van der Waals surface area contributed by atoms with Crippen LogP contribution in [0.1, 0.15) is 38.4 Å². The molecule has 2 atom stereocenters. The lowest BCUT2D eigenvalue weighted by molar-refractivity contribution is 0.138. The normalized spacial score (nSPS) is 27.2. The van der Waals surface area contributed by atoms with Crippen molar-refractivity contribution >= 4 is 6.09 Å². The van der Waals surface area contributed by atoms with E-state index in [0.29, 0.717) is 13.0 Å². The number of rotatable bonds is 2. The van der Waals surface area contributed by atoms with Crippen LogP contribution in [0.15, 0.2) is 40.2 Å². The van der Waals surface area contributed by atoms with Crippen LogP contribution in [0.4, 0.5) is 4.79 Å². The van der Waals surface area contributed by atoms with E-state index >= 15 is 0 Å². The molecule has 3 rings (SSSR count). The van der Waals surface area contributed by atoms with Crippen molar-refractivity contribution in [2.45, 2.75) is 39.2 Å². The molecule has 0 aliphatic heterocycles. The molecule has 1 amide bonds. The van der Waals surface area contributed by atoms with Gasteiger partial charge in [0.15, 0.2) is 0 Å². The number of alkyl carbamates (subject to hydrolysis) is 1. The molecule has 122 valence electrons. The van der Waals surface area contributed by atoms with Crippen LogP contribution >= 0.6 is 0 Å². The molecule has 5 heteroatoms. The second kappa shape index (κ2) is 5.72. The summed E-state index contributed by atoms with van der Waals surface area (Å²) in [5.74, 6) is 0.182. The minimum absolute atomic E-state index is 0.113. The molecular formula is C18H22N2O3. The summed E-state index contributed by atoms with van der Waals surface area (Å²) < 4.78 is 5.13. The average molecular weight is 314 g/mol. The van der Waals surface area contributed by atoms with Gasteiger partial charge in [0.2, 0.25) is 5.56 Å². The maximum absolute atomic E-state index is 12.2. The molecule has 1 aromatic heterocycles. The number of aromatic amines is 1. The van der Waals surface area contributed by atoms with Crippen LogP contribution in [0.2, 0.25) is 0 Å². The fourth-order valence-corrected chi connectivity index (χ4v) is 4.03. The number of H-pyrrole nitrogens is 1. The summed E-state index contributed by atoms with van der Waals surface area (Å²) in [6, 6.07) is 3.35. The van der Waals surface area contributed by atoms with Crippen LogP contribution in [0.3, 0.4) is 0 Å². The molecule has 0 spiro atoms. The number of aromatic nitrogens is 1. The zero-order valence-electron chi connectivity index (χ0n) is 13.7. The number of nitrogens with one attached hydrogen (secondary N) is 2. The molecule has 23 heavy (non-hydrogen) atoms. The number of hydrogen-bond acceptors (Lipinski definition) is 3. The molecule has 0 radical (unpaired) electrons. The number of carbonyl (C=O) groups excluding carboxylic acids is 1. The van der Waals surface area contributed by atoms with Crippen LogP contribution in [0, 0.1) is 5.92 Å². The Kier molecular flexibility index (Phi) is 3.88. The average Bonchev–Trinajstić information content (AvgIpc) is 2.46. The minimum Gasteiger partial charge on any atom is -0.450 e. The monoisotopic (exact) mass is 314 g/mol. The summed E-state index contributed by atoms with van der Waals surface area (Å²) in [7, 11) is 0. The van der Waals surface area contributed by atoms with Gasteiger partial charge in [0.25, 0.3) is 0 Å². The highest BCUT2D eigenvalue weighted by Crippen LogP contribution is 2.49. The van der Waals surface area contributed by atoms with Gasteiger partial charge in [-0.25, -0.2) is 4.79 Å². The number of pyridine rings is 1. The summed E-state index contributed by atoms with van der Waals surface area (Å²) in [5, 5.41) is 3.08. The lowest BCUT2D eigenvalue weighted by atomic mass is 9.63. The Morgan fingerprint density at radius 1 is 1.52 bits per heavy atom. The standard InChI is InChI=1S/C18H22N2O3/c1-4-13-12-8-11(3)10-18(13,20-17(22)23-5-2)14-6-7-16(21)19-15(14)9-12/h4,6-8,12H,5,9-10H2,1-3H3,(H,19,21)(H,20,22)/b13-4+/t12?,18-/m0/s1. The molecule has 0 fully saturated rings. The third-order valence-electron chi connectivity index (χ3n) is 4.71. The molecule has 2 aliphatic carbocycles. The Bertz CT molecular complexity index is 760. The van der Waals surface area contributed by atoms with E-state index < -0.39 is 11.6 Å². The quantitative estimate of drug-likeness (QED) is 0.825. The van der Waals surface area contributed by atoms with Gasteiger partial charge in [-0.05, 0) is 45.3 Å². The summed E-state index contributed by atoms with van der Waals surface area (Å²) in [4.78, 5) is 26.8. The van der Waals surface area contributed by atoms with E-state index in [1.165, 1.54) is 11.6 Å². The van der Waals surface area contributed by atoms with Gasteiger partial charge < -0.3 is 15.0 Å². The first-order chi connectivity index (χ1) is 11.0. The van der Waals surface area contributed by atoms with E-state index in [1.807, 2.05) is 13.0 Å². The second-order valence-electron chi connectivity index (χ2n) is 6.21. The highest BCUT2D eigenvalue weighted by atomic mass is 16.5. The molecule has 0 aromatic carbocycles. The van der Waals surface area contributed by atoms with Gasteiger partial charge in [0, 0.05) is 23.2 Å². The lowest BCUT2D eigenvalue weighted by Crippen LogP contribution is -2.53. The Labute approximate surface area is 135 Å². The Morgan fingerprint density at radius 2 is 2.30 bits per heavy atom. The molecule has 2 aliphatic rings. The second-order valence-corrected chi connectivity index (χ2v) is 6.21. The third kappa shape index (κ3) is 2.50. The van der Waals surface area contributed by atoms with Crippen molar-refractivity contribution in [1.82, 2.24) is 10.3 Å². The highest BCUT2D eigenvalue weighted by Gasteiger charge is 2.48. The molecule has 1 unspecified atom stereocenters. The molecule has 2 bridgehead atoms. The molecule has 1 aromatic rings. The summed E-state index contributed by atoms with van der Waals surface area (Å²) >= 11 is 0. The van der Waals surface area contributed by atoms with E-state index in [2.05, 4.69) is 29.4 Å². The van der Waals surface area contributed by atoms with Gasteiger partial charge >= 0.3 is 6.09 Å². The summed E-state index contributed by atoms with van der Waals surface area (Å²) in [6.45, 7) is 6.19. The fourth-order valence-electron chi connectivity index (χ4n) is 4.03.